The lowest BCUT2D eigenvalue weighted by Gasteiger charge is -2.53. The fourth-order valence-corrected chi connectivity index (χ4v) is 7.28. The molecular formula is C26H46O2S. The normalized spacial score (nSPS) is 26.1. The van der Waals surface area contributed by atoms with Gasteiger partial charge in [-0.2, -0.15) is 0 Å². The summed E-state index contributed by atoms with van der Waals surface area (Å²) >= 11 is 0. The van der Waals surface area contributed by atoms with Crippen LogP contribution in [0.5, 0.6) is 0 Å². The number of aliphatic hydroxyl groups excluding tert-OH is 1. The van der Waals surface area contributed by atoms with E-state index in [1.807, 2.05) is 20.8 Å². The summed E-state index contributed by atoms with van der Waals surface area (Å²) < 4.78 is 5.62. The molecular weight excluding hydrogens is 376 g/mol. The standard InChI is InChI=1S/C17H28S.C7H12O2.C2H6/c1-7-12-15(8-2)18(6,17(3,4)5)16-13-10-9-11-14-16;1-6-2-3-7(9-6)4-5-8;1-2/h7-13,16H,14H2,1-6H3;4,6,8H,2-3,5H2,1H3;1-2H3/b12-7-,15-8+;;/t;6-;/m.0./s1. The van der Waals surface area contributed by atoms with Gasteiger partial charge in [0.15, 0.2) is 0 Å². The van der Waals surface area contributed by atoms with E-state index in [0.717, 1.165) is 18.6 Å². The van der Waals surface area contributed by atoms with E-state index in [0.29, 0.717) is 16.1 Å². The second-order valence-corrected chi connectivity index (χ2v) is 12.5. The maximum Gasteiger partial charge on any atom is 0.0958 e. The van der Waals surface area contributed by atoms with Crippen molar-refractivity contribution in [3.63, 3.8) is 0 Å². The van der Waals surface area contributed by atoms with E-state index in [1.165, 1.54) is 11.3 Å². The van der Waals surface area contributed by atoms with E-state index < -0.39 is 10.0 Å². The third kappa shape index (κ3) is 8.22. The van der Waals surface area contributed by atoms with Crippen molar-refractivity contribution in [1.29, 1.82) is 0 Å². The Balaban J connectivity index is 0.000000595. The molecule has 0 aromatic heterocycles. The molecule has 1 fully saturated rings. The van der Waals surface area contributed by atoms with Crippen molar-refractivity contribution in [1.82, 2.24) is 0 Å². The lowest BCUT2D eigenvalue weighted by atomic mass is 10.2. The monoisotopic (exact) mass is 422 g/mol. The summed E-state index contributed by atoms with van der Waals surface area (Å²) in [4.78, 5) is 1.53. The van der Waals surface area contributed by atoms with E-state index in [1.54, 1.807) is 6.08 Å². The lowest BCUT2D eigenvalue weighted by Crippen LogP contribution is -2.33. The molecule has 2 unspecified atom stereocenters. The van der Waals surface area contributed by atoms with E-state index in [2.05, 4.69) is 83.4 Å². The summed E-state index contributed by atoms with van der Waals surface area (Å²) in [5.41, 5.74) is 0. The first-order chi connectivity index (χ1) is 13.7. The summed E-state index contributed by atoms with van der Waals surface area (Å²) in [5.74, 6) is 0.949. The van der Waals surface area contributed by atoms with Gasteiger partial charge in [0.1, 0.15) is 0 Å². The van der Waals surface area contributed by atoms with Crippen LogP contribution in [0.1, 0.15) is 74.7 Å². The fourth-order valence-electron chi connectivity index (χ4n) is 3.51. The number of aliphatic hydroxyl groups is 1. The molecule has 168 valence electrons. The first-order valence-corrected chi connectivity index (χ1v) is 13.2. The molecule has 0 amide bonds. The number of hydrogen-bond acceptors (Lipinski definition) is 2. The summed E-state index contributed by atoms with van der Waals surface area (Å²) in [6.07, 6.45) is 23.7. The zero-order chi connectivity index (χ0) is 22.5. The molecule has 0 bridgehead atoms. The summed E-state index contributed by atoms with van der Waals surface area (Å²) in [7, 11) is -0.874. The topological polar surface area (TPSA) is 29.5 Å². The van der Waals surface area contributed by atoms with Crippen LogP contribution in [0, 0.1) is 0 Å². The van der Waals surface area contributed by atoms with Gasteiger partial charge >= 0.3 is 0 Å². The quantitative estimate of drug-likeness (QED) is 0.471. The largest absolute Gasteiger partial charge is 0.495 e. The third-order valence-electron chi connectivity index (χ3n) is 5.39. The Morgan fingerprint density at radius 2 is 1.90 bits per heavy atom. The highest BCUT2D eigenvalue weighted by Gasteiger charge is 2.39. The van der Waals surface area contributed by atoms with E-state index >= 15 is 0 Å². The zero-order valence-electron chi connectivity index (χ0n) is 20.4. The zero-order valence-corrected chi connectivity index (χ0v) is 21.2. The Hall–Kier alpha value is -1.19. The molecule has 1 N–H and O–H groups in total. The summed E-state index contributed by atoms with van der Waals surface area (Å²) in [5, 5.41) is 9.11. The maximum atomic E-state index is 8.46. The summed E-state index contributed by atoms with van der Waals surface area (Å²) in [6, 6.07) is 0. The van der Waals surface area contributed by atoms with Crippen LogP contribution in [0.15, 0.2) is 59.3 Å². The molecule has 29 heavy (non-hydrogen) atoms. The highest BCUT2D eigenvalue weighted by molar-refractivity contribution is 8.38. The number of allylic oxidation sites excluding steroid dienone is 7. The van der Waals surface area contributed by atoms with Gasteiger partial charge in [0.05, 0.1) is 18.5 Å². The molecule has 2 rings (SSSR count). The fraction of sp³-hybridized carbons (Fsp3) is 0.615. The first kappa shape index (κ1) is 27.8. The molecule has 3 atom stereocenters. The van der Waals surface area contributed by atoms with Gasteiger partial charge in [0.2, 0.25) is 0 Å². The number of hydrogen-bond donors (Lipinski definition) is 1. The SMILES string of the molecule is C/C=C\C(=C/C)S(C)(C1C=CC=CC1)C(C)(C)C.CC.C[C@H]1CCC(=CCO)O1. The Bertz CT molecular complexity index is 605. The molecule has 0 aromatic carbocycles. The van der Waals surface area contributed by atoms with Crippen LogP contribution in [-0.2, 0) is 4.74 Å². The second kappa shape index (κ2) is 13.9. The molecule has 0 saturated carbocycles. The van der Waals surface area contributed by atoms with Crippen molar-refractivity contribution in [3.8, 4) is 0 Å². The van der Waals surface area contributed by atoms with Crippen LogP contribution >= 0.6 is 10.0 Å². The van der Waals surface area contributed by atoms with Gasteiger partial charge in [0, 0.05) is 11.7 Å². The Morgan fingerprint density at radius 1 is 1.24 bits per heavy atom. The molecule has 0 spiro atoms. The third-order valence-corrected chi connectivity index (χ3v) is 10.8. The predicted octanol–water partition coefficient (Wildman–Crippen LogP) is 7.67. The minimum absolute atomic E-state index is 0.0993. The van der Waals surface area contributed by atoms with Crippen LogP contribution in [0.2, 0.25) is 0 Å². The Kier molecular flexibility index (Phi) is 13.4. The molecule has 1 heterocycles. The first-order valence-electron chi connectivity index (χ1n) is 11.1. The maximum absolute atomic E-state index is 8.46. The van der Waals surface area contributed by atoms with E-state index in [-0.39, 0.29) is 6.61 Å². The smallest absolute Gasteiger partial charge is 0.0958 e. The Morgan fingerprint density at radius 3 is 2.28 bits per heavy atom. The Labute approximate surface area is 182 Å². The number of ether oxygens (including phenoxy) is 1. The number of rotatable bonds is 4. The van der Waals surface area contributed by atoms with Crippen LogP contribution in [-0.4, -0.2) is 34.1 Å². The van der Waals surface area contributed by atoms with Crippen molar-refractivity contribution < 1.29 is 9.84 Å². The van der Waals surface area contributed by atoms with Crippen LogP contribution in [0.25, 0.3) is 0 Å². The predicted molar refractivity (Wildman–Crippen MR) is 135 cm³/mol. The second-order valence-electron chi connectivity index (χ2n) is 8.19. The van der Waals surface area contributed by atoms with E-state index in [4.69, 9.17) is 9.84 Å². The lowest BCUT2D eigenvalue weighted by molar-refractivity contribution is 0.175. The van der Waals surface area contributed by atoms with Crippen molar-refractivity contribution >= 4 is 10.0 Å². The molecule has 0 radical (unpaired) electrons. The van der Waals surface area contributed by atoms with Gasteiger partial charge in [-0.3, -0.25) is 0 Å². The average molecular weight is 423 g/mol. The van der Waals surface area contributed by atoms with Gasteiger partial charge in [-0.05, 0) is 55.6 Å². The molecule has 1 aliphatic heterocycles. The average Bonchev–Trinajstić information content (AvgIpc) is 3.12. The molecule has 2 nitrogen and oxygen atoms in total. The minimum Gasteiger partial charge on any atom is -0.495 e. The van der Waals surface area contributed by atoms with Gasteiger partial charge in [-0.25, -0.2) is 10.0 Å². The van der Waals surface area contributed by atoms with Crippen molar-refractivity contribution in [2.45, 2.75) is 90.8 Å². The van der Waals surface area contributed by atoms with E-state index in [9.17, 15) is 0 Å². The highest BCUT2D eigenvalue weighted by atomic mass is 32.3. The van der Waals surface area contributed by atoms with Gasteiger partial charge in [-0.1, -0.05) is 77.2 Å². The van der Waals surface area contributed by atoms with Crippen LogP contribution < -0.4 is 0 Å². The molecule has 1 saturated heterocycles. The van der Waals surface area contributed by atoms with Gasteiger partial charge in [-0.15, -0.1) is 0 Å². The van der Waals surface area contributed by atoms with Crippen molar-refractivity contribution in [3.05, 3.63) is 59.3 Å². The van der Waals surface area contributed by atoms with Crippen LogP contribution in [0.3, 0.4) is 0 Å². The molecule has 0 aromatic rings. The molecule has 3 heteroatoms. The van der Waals surface area contributed by atoms with Gasteiger partial charge < -0.3 is 9.84 Å². The van der Waals surface area contributed by atoms with Crippen LogP contribution in [0.4, 0.5) is 0 Å². The van der Waals surface area contributed by atoms with Crippen molar-refractivity contribution in [2.75, 3.05) is 12.9 Å². The highest BCUT2D eigenvalue weighted by Crippen LogP contribution is 2.67. The van der Waals surface area contributed by atoms with Gasteiger partial charge in [0.25, 0.3) is 0 Å². The minimum atomic E-state index is -0.874. The summed E-state index contributed by atoms with van der Waals surface area (Å²) in [6.45, 7) is 17.6. The molecule has 1 aliphatic carbocycles. The molecule has 2 aliphatic rings. The van der Waals surface area contributed by atoms with Crippen molar-refractivity contribution in [2.24, 2.45) is 0 Å².